The Balaban J connectivity index is 1.94. The summed E-state index contributed by atoms with van der Waals surface area (Å²) in [5.74, 6) is -0.0962. The van der Waals surface area contributed by atoms with E-state index in [2.05, 4.69) is 26.6 Å². The normalized spacial score (nSPS) is 10.2. The summed E-state index contributed by atoms with van der Waals surface area (Å²) in [6.07, 6.45) is 0. The van der Waals surface area contributed by atoms with Crippen LogP contribution in [-0.4, -0.2) is 12.5 Å². The molecule has 0 aliphatic rings. The van der Waals surface area contributed by atoms with Crippen molar-refractivity contribution < 1.29 is 4.79 Å². The second-order valence-electron chi connectivity index (χ2n) is 4.34. The van der Waals surface area contributed by atoms with E-state index in [1.807, 2.05) is 37.3 Å². The Morgan fingerprint density at radius 2 is 1.95 bits per heavy atom. The van der Waals surface area contributed by atoms with Gasteiger partial charge in [-0.3, -0.25) is 4.79 Å². The Morgan fingerprint density at radius 1 is 1.20 bits per heavy atom. The number of nitrogens with one attached hydrogen (secondary N) is 2. The quantitative estimate of drug-likeness (QED) is 0.852. The minimum Gasteiger partial charge on any atom is -0.375 e. The van der Waals surface area contributed by atoms with Gasteiger partial charge in [0.2, 0.25) is 5.91 Å². The van der Waals surface area contributed by atoms with E-state index in [4.69, 9.17) is 11.6 Å². The number of benzene rings is 2. The summed E-state index contributed by atoms with van der Waals surface area (Å²) in [5.41, 5.74) is 2.69. The molecule has 1 amide bonds. The summed E-state index contributed by atoms with van der Waals surface area (Å²) in [7, 11) is 0. The highest BCUT2D eigenvalue weighted by Crippen LogP contribution is 2.25. The van der Waals surface area contributed by atoms with Crippen molar-refractivity contribution in [2.75, 3.05) is 17.2 Å². The number of anilines is 2. The molecule has 2 aromatic rings. The predicted octanol–water partition coefficient (Wildman–Crippen LogP) is 4.46. The van der Waals surface area contributed by atoms with Crippen LogP contribution in [0.1, 0.15) is 5.56 Å². The van der Waals surface area contributed by atoms with Crippen LogP contribution in [0.15, 0.2) is 46.9 Å². The fourth-order valence-corrected chi connectivity index (χ4v) is 2.54. The van der Waals surface area contributed by atoms with E-state index in [-0.39, 0.29) is 12.5 Å². The van der Waals surface area contributed by atoms with Crippen LogP contribution in [0.25, 0.3) is 0 Å². The number of hydrogen-bond acceptors (Lipinski definition) is 2. The largest absolute Gasteiger partial charge is 0.375 e. The minimum absolute atomic E-state index is 0.0962. The van der Waals surface area contributed by atoms with Gasteiger partial charge in [0.1, 0.15) is 0 Å². The molecule has 0 aliphatic carbocycles. The van der Waals surface area contributed by atoms with Crippen LogP contribution in [-0.2, 0) is 4.79 Å². The molecule has 0 heterocycles. The SMILES string of the molecule is Cc1ccccc1NC(=O)CNc1ccc(Cl)cc1Br. The molecule has 20 heavy (non-hydrogen) atoms. The average molecular weight is 354 g/mol. The van der Waals surface area contributed by atoms with Crippen molar-refractivity contribution in [1.29, 1.82) is 0 Å². The Labute approximate surface area is 131 Å². The molecule has 0 fully saturated rings. The average Bonchev–Trinajstić information content (AvgIpc) is 2.40. The lowest BCUT2D eigenvalue weighted by atomic mass is 10.2. The van der Waals surface area contributed by atoms with Crippen LogP contribution < -0.4 is 10.6 Å². The monoisotopic (exact) mass is 352 g/mol. The first kappa shape index (κ1) is 14.9. The summed E-state index contributed by atoms with van der Waals surface area (Å²) in [6, 6.07) is 13.1. The maximum absolute atomic E-state index is 11.9. The zero-order chi connectivity index (χ0) is 14.5. The van der Waals surface area contributed by atoms with Crippen molar-refractivity contribution in [1.82, 2.24) is 0 Å². The summed E-state index contributed by atoms with van der Waals surface area (Å²) < 4.78 is 0.827. The first-order chi connectivity index (χ1) is 9.56. The van der Waals surface area contributed by atoms with Crippen LogP contribution in [0.3, 0.4) is 0 Å². The molecule has 104 valence electrons. The lowest BCUT2D eigenvalue weighted by Gasteiger charge is -2.11. The second kappa shape index (κ2) is 6.77. The summed E-state index contributed by atoms with van der Waals surface area (Å²) in [6.45, 7) is 2.15. The van der Waals surface area contributed by atoms with E-state index in [1.165, 1.54) is 0 Å². The van der Waals surface area contributed by atoms with E-state index in [1.54, 1.807) is 12.1 Å². The maximum Gasteiger partial charge on any atom is 0.243 e. The second-order valence-corrected chi connectivity index (χ2v) is 5.63. The zero-order valence-corrected chi connectivity index (χ0v) is 13.3. The number of rotatable bonds is 4. The van der Waals surface area contributed by atoms with Gasteiger partial charge in [0.25, 0.3) is 0 Å². The van der Waals surface area contributed by atoms with Crippen LogP contribution in [0.4, 0.5) is 11.4 Å². The van der Waals surface area contributed by atoms with Gasteiger partial charge >= 0.3 is 0 Å². The smallest absolute Gasteiger partial charge is 0.243 e. The molecule has 0 spiro atoms. The molecule has 0 radical (unpaired) electrons. The Kier molecular flexibility index (Phi) is 5.04. The Morgan fingerprint density at radius 3 is 2.65 bits per heavy atom. The molecular weight excluding hydrogens is 340 g/mol. The lowest BCUT2D eigenvalue weighted by Crippen LogP contribution is -2.22. The van der Waals surface area contributed by atoms with Crippen molar-refractivity contribution in [3.05, 3.63) is 57.5 Å². The van der Waals surface area contributed by atoms with E-state index < -0.39 is 0 Å². The fourth-order valence-electron chi connectivity index (χ4n) is 1.72. The molecule has 2 N–H and O–H groups in total. The number of aryl methyl sites for hydroxylation is 1. The topological polar surface area (TPSA) is 41.1 Å². The summed E-state index contributed by atoms with van der Waals surface area (Å²) >= 11 is 9.26. The Hall–Kier alpha value is -1.52. The van der Waals surface area contributed by atoms with Gasteiger partial charge in [-0.05, 0) is 52.7 Å². The number of halogens is 2. The fraction of sp³-hybridized carbons (Fsp3) is 0.133. The lowest BCUT2D eigenvalue weighted by molar-refractivity contribution is -0.114. The molecule has 0 saturated carbocycles. The third-order valence-corrected chi connectivity index (χ3v) is 3.68. The number of hydrogen-bond donors (Lipinski definition) is 2. The van der Waals surface area contributed by atoms with Crippen molar-refractivity contribution in [3.8, 4) is 0 Å². The minimum atomic E-state index is -0.0962. The third-order valence-electron chi connectivity index (χ3n) is 2.79. The first-order valence-electron chi connectivity index (χ1n) is 6.10. The number of para-hydroxylation sites is 1. The molecule has 2 aromatic carbocycles. The van der Waals surface area contributed by atoms with Gasteiger partial charge in [0, 0.05) is 20.9 Å². The molecule has 0 bridgehead atoms. The van der Waals surface area contributed by atoms with Crippen molar-refractivity contribution in [3.63, 3.8) is 0 Å². The van der Waals surface area contributed by atoms with Crippen LogP contribution in [0, 0.1) is 6.92 Å². The highest BCUT2D eigenvalue weighted by Gasteiger charge is 2.06. The molecule has 3 nitrogen and oxygen atoms in total. The van der Waals surface area contributed by atoms with Gasteiger partial charge < -0.3 is 10.6 Å². The van der Waals surface area contributed by atoms with E-state index in [0.717, 1.165) is 21.4 Å². The van der Waals surface area contributed by atoms with E-state index >= 15 is 0 Å². The molecule has 0 aliphatic heterocycles. The molecule has 0 saturated heterocycles. The number of carbonyl (C=O) groups is 1. The molecule has 5 heteroatoms. The van der Waals surface area contributed by atoms with Crippen LogP contribution in [0.5, 0.6) is 0 Å². The number of carbonyl (C=O) groups excluding carboxylic acids is 1. The highest BCUT2D eigenvalue weighted by atomic mass is 79.9. The van der Waals surface area contributed by atoms with Crippen molar-refractivity contribution in [2.45, 2.75) is 6.92 Å². The Bertz CT molecular complexity index is 631. The van der Waals surface area contributed by atoms with Crippen LogP contribution in [0.2, 0.25) is 5.02 Å². The van der Waals surface area contributed by atoms with E-state index in [9.17, 15) is 4.79 Å². The molecule has 0 atom stereocenters. The summed E-state index contributed by atoms with van der Waals surface area (Å²) in [4.78, 5) is 11.9. The van der Waals surface area contributed by atoms with Gasteiger partial charge in [0.15, 0.2) is 0 Å². The van der Waals surface area contributed by atoms with Gasteiger partial charge in [0.05, 0.1) is 6.54 Å². The van der Waals surface area contributed by atoms with Crippen LogP contribution >= 0.6 is 27.5 Å². The van der Waals surface area contributed by atoms with Gasteiger partial charge in [-0.2, -0.15) is 0 Å². The predicted molar refractivity (Wildman–Crippen MR) is 87.5 cm³/mol. The van der Waals surface area contributed by atoms with Gasteiger partial charge in [-0.15, -0.1) is 0 Å². The number of amides is 1. The first-order valence-corrected chi connectivity index (χ1v) is 7.28. The van der Waals surface area contributed by atoms with E-state index in [0.29, 0.717) is 5.02 Å². The van der Waals surface area contributed by atoms with Crippen molar-refractivity contribution >= 4 is 44.8 Å². The standard InChI is InChI=1S/C15H14BrClN2O/c1-10-4-2-3-5-13(10)19-15(20)9-18-14-7-6-11(17)8-12(14)16/h2-8,18H,9H2,1H3,(H,19,20). The van der Waals surface area contributed by atoms with Gasteiger partial charge in [-0.1, -0.05) is 29.8 Å². The molecule has 2 rings (SSSR count). The highest BCUT2D eigenvalue weighted by molar-refractivity contribution is 9.10. The molecule has 0 aromatic heterocycles. The maximum atomic E-state index is 11.9. The molecular formula is C15H14BrClN2O. The zero-order valence-electron chi connectivity index (χ0n) is 10.9. The van der Waals surface area contributed by atoms with Gasteiger partial charge in [-0.25, -0.2) is 0 Å². The summed E-state index contributed by atoms with van der Waals surface area (Å²) in [5, 5.41) is 6.58. The molecule has 0 unspecified atom stereocenters. The van der Waals surface area contributed by atoms with Crippen molar-refractivity contribution in [2.24, 2.45) is 0 Å². The third kappa shape index (κ3) is 3.99.